The number of fused-ring (bicyclic) bond motifs is 1. The molecular formula is C21H24N4O3S. The van der Waals surface area contributed by atoms with E-state index in [9.17, 15) is 14.4 Å². The number of hydrogen-bond donors (Lipinski definition) is 1. The number of benzene rings is 1. The molecule has 4 amide bonds. The third kappa shape index (κ3) is 3.10. The number of rotatable bonds is 3. The number of carbonyl (C=O) groups is 3. The zero-order valence-electron chi connectivity index (χ0n) is 16.2. The van der Waals surface area contributed by atoms with Crippen LogP contribution in [0.25, 0.3) is 10.2 Å². The van der Waals surface area contributed by atoms with E-state index >= 15 is 0 Å². The van der Waals surface area contributed by atoms with E-state index in [0.717, 1.165) is 52.2 Å². The fraction of sp³-hybridized carbons (Fsp3) is 0.524. The first-order valence-corrected chi connectivity index (χ1v) is 11.2. The summed E-state index contributed by atoms with van der Waals surface area (Å²) < 4.78 is 1.11. The average molecular weight is 413 g/mol. The number of urea groups is 1. The van der Waals surface area contributed by atoms with Gasteiger partial charge in [0, 0.05) is 6.54 Å². The van der Waals surface area contributed by atoms with Crippen molar-refractivity contribution in [3.8, 4) is 0 Å². The van der Waals surface area contributed by atoms with Gasteiger partial charge in [-0.3, -0.25) is 14.5 Å². The fourth-order valence-electron chi connectivity index (χ4n) is 4.88. The zero-order chi connectivity index (χ0) is 20.0. The SMILES string of the molecule is O=C1NC2(CCCC2)C(=O)N1CC(=O)N1CCCC[C@@H]1c1nc2ccccc2s1. The maximum Gasteiger partial charge on any atom is 0.325 e. The minimum atomic E-state index is -0.772. The standard InChI is InChI=1S/C21H24N4O3S/c26-17(13-25-19(27)21(23-20(25)28)10-4-5-11-21)24-12-6-3-8-15(24)18-22-14-7-1-2-9-16(14)29-18/h1-2,7,9,15H,3-6,8,10-13H2,(H,23,28)/t15-/m1/s1. The van der Waals surface area contributed by atoms with Gasteiger partial charge in [0.25, 0.3) is 5.91 Å². The van der Waals surface area contributed by atoms with Crippen molar-refractivity contribution in [2.24, 2.45) is 0 Å². The number of nitrogens with zero attached hydrogens (tertiary/aromatic N) is 3. The van der Waals surface area contributed by atoms with Crippen LogP contribution in [0, 0.1) is 0 Å². The van der Waals surface area contributed by atoms with Crippen LogP contribution >= 0.6 is 11.3 Å². The molecule has 1 atom stereocenters. The van der Waals surface area contributed by atoms with Crippen molar-refractivity contribution in [1.29, 1.82) is 0 Å². The molecule has 3 heterocycles. The average Bonchev–Trinajstić information content (AvgIpc) is 3.43. The lowest BCUT2D eigenvalue weighted by Crippen LogP contribution is -2.47. The highest BCUT2D eigenvalue weighted by Crippen LogP contribution is 2.37. The van der Waals surface area contributed by atoms with Gasteiger partial charge < -0.3 is 10.2 Å². The lowest BCUT2D eigenvalue weighted by atomic mass is 9.98. The van der Waals surface area contributed by atoms with E-state index in [0.29, 0.717) is 19.4 Å². The van der Waals surface area contributed by atoms with Crippen molar-refractivity contribution in [3.63, 3.8) is 0 Å². The predicted molar refractivity (Wildman–Crippen MR) is 109 cm³/mol. The smallest absolute Gasteiger partial charge is 0.325 e. The van der Waals surface area contributed by atoms with Crippen LogP contribution in [0.4, 0.5) is 4.79 Å². The molecule has 7 nitrogen and oxygen atoms in total. The number of nitrogens with one attached hydrogen (secondary N) is 1. The molecule has 152 valence electrons. The fourth-order valence-corrected chi connectivity index (χ4v) is 6.00. The summed E-state index contributed by atoms with van der Waals surface area (Å²) in [6.45, 7) is 0.446. The van der Waals surface area contributed by atoms with Gasteiger partial charge in [-0.1, -0.05) is 25.0 Å². The summed E-state index contributed by atoms with van der Waals surface area (Å²) in [7, 11) is 0. The van der Waals surface area contributed by atoms with Gasteiger partial charge in [-0.2, -0.15) is 0 Å². The third-order valence-electron chi connectivity index (χ3n) is 6.42. The second-order valence-electron chi connectivity index (χ2n) is 8.23. The number of piperidine rings is 1. The van der Waals surface area contributed by atoms with Gasteiger partial charge in [0.05, 0.1) is 16.3 Å². The largest absolute Gasteiger partial charge is 0.332 e. The van der Waals surface area contributed by atoms with E-state index < -0.39 is 11.6 Å². The monoisotopic (exact) mass is 412 g/mol. The Kier molecular flexibility index (Phi) is 4.53. The summed E-state index contributed by atoms with van der Waals surface area (Å²) in [5.41, 5.74) is 0.175. The molecule has 2 saturated heterocycles. The Morgan fingerprint density at radius 3 is 2.76 bits per heavy atom. The van der Waals surface area contributed by atoms with Crippen LogP contribution in [-0.2, 0) is 9.59 Å². The molecule has 1 aromatic heterocycles. The van der Waals surface area contributed by atoms with Gasteiger partial charge in [0.15, 0.2) is 0 Å². The maximum absolute atomic E-state index is 13.2. The molecule has 1 N–H and O–H groups in total. The van der Waals surface area contributed by atoms with Crippen molar-refractivity contribution in [1.82, 2.24) is 20.1 Å². The first-order valence-electron chi connectivity index (χ1n) is 10.4. The molecule has 0 bridgehead atoms. The lowest BCUT2D eigenvalue weighted by molar-refractivity contribution is -0.141. The molecule has 2 aliphatic heterocycles. The molecule has 1 spiro atoms. The Labute approximate surface area is 173 Å². The summed E-state index contributed by atoms with van der Waals surface area (Å²) in [6, 6.07) is 7.46. The number of aromatic nitrogens is 1. The molecular weight excluding hydrogens is 388 g/mol. The molecule has 0 unspecified atom stereocenters. The molecule has 0 radical (unpaired) electrons. The summed E-state index contributed by atoms with van der Waals surface area (Å²) in [4.78, 5) is 46.2. The van der Waals surface area contributed by atoms with Crippen molar-refractivity contribution in [3.05, 3.63) is 29.3 Å². The van der Waals surface area contributed by atoms with Gasteiger partial charge in [-0.05, 0) is 44.2 Å². The lowest BCUT2D eigenvalue weighted by Gasteiger charge is -2.35. The molecule has 1 aliphatic carbocycles. The topological polar surface area (TPSA) is 82.6 Å². The van der Waals surface area contributed by atoms with Crippen LogP contribution in [0.3, 0.4) is 0 Å². The molecule has 1 saturated carbocycles. The van der Waals surface area contributed by atoms with E-state index in [-0.39, 0.29) is 24.4 Å². The highest BCUT2D eigenvalue weighted by atomic mass is 32.1. The van der Waals surface area contributed by atoms with Crippen molar-refractivity contribution < 1.29 is 14.4 Å². The summed E-state index contributed by atoms with van der Waals surface area (Å²) >= 11 is 1.62. The minimum Gasteiger partial charge on any atom is -0.332 e. The molecule has 1 aromatic carbocycles. The first-order chi connectivity index (χ1) is 14.1. The number of hydrogen-bond acceptors (Lipinski definition) is 5. The van der Waals surface area contributed by atoms with E-state index in [2.05, 4.69) is 5.32 Å². The van der Waals surface area contributed by atoms with Crippen LogP contribution in [0.15, 0.2) is 24.3 Å². The Bertz CT molecular complexity index is 948. The summed E-state index contributed by atoms with van der Waals surface area (Å²) in [5.74, 6) is -0.408. The highest BCUT2D eigenvalue weighted by Gasteiger charge is 2.53. The Morgan fingerprint density at radius 2 is 1.97 bits per heavy atom. The second-order valence-corrected chi connectivity index (χ2v) is 9.29. The second kappa shape index (κ2) is 7.09. The van der Waals surface area contributed by atoms with Gasteiger partial charge in [-0.15, -0.1) is 11.3 Å². The van der Waals surface area contributed by atoms with Crippen LogP contribution < -0.4 is 5.32 Å². The van der Waals surface area contributed by atoms with Crippen molar-refractivity contribution >= 4 is 39.4 Å². The van der Waals surface area contributed by atoms with Gasteiger partial charge >= 0.3 is 6.03 Å². The van der Waals surface area contributed by atoms with Crippen molar-refractivity contribution in [2.75, 3.05) is 13.1 Å². The van der Waals surface area contributed by atoms with Crippen LogP contribution in [0.5, 0.6) is 0 Å². The zero-order valence-corrected chi connectivity index (χ0v) is 17.0. The Hall–Kier alpha value is -2.48. The summed E-state index contributed by atoms with van der Waals surface area (Å²) in [6.07, 6.45) is 6.02. The minimum absolute atomic E-state index is 0.0881. The predicted octanol–water partition coefficient (Wildman–Crippen LogP) is 3.21. The molecule has 3 aliphatic rings. The number of imide groups is 1. The number of carbonyl (C=O) groups excluding carboxylic acids is 3. The Balaban J connectivity index is 1.36. The summed E-state index contributed by atoms with van der Waals surface area (Å²) in [5, 5.41) is 3.79. The quantitative estimate of drug-likeness (QED) is 0.785. The molecule has 3 fully saturated rings. The van der Waals surface area contributed by atoms with E-state index in [1.54, 1.807) is 11.3 Å². The van der Waals surface area contributed by atoms with Crippen LogP contribution in [0.2, 0.25) is 0 Å². The molecule has 5 rings (SSSR count). The van der Waals surface area contributed by atoms with Gasteiger partial charge in [0.1, 0.15) is 17.1 Å². The van der Waals surface area contributed by atoms with Gasteiger partial charge in [-0.25, -0.2) is 9.78 Å². The number of amides is 4. The van der Waals surface area contributed by atoms with Crippen LogP contribution in [0.1, 0.15) is 56.0 Å². The maximum atomic E-state index is 13.2. The van der Waals surface area contributed by atoms with Crippen LogP contribution in [-0.4, -0.2) is 51.3 Å². The van der Waals surface area contributed by atoms with Gasteiger partial charge in [0.2, 0.25) is 5.91 Å². The number of thiazole rings is 1. The molecule has 2 aromatic rings. The molecule has 29 heavy (non-hydrogen) atoms. The van der Waals surface area contributed by atoms with E-state index in [1.165, 1.54) is 0 Å². The number of likely N-dealkylation sites (tertiary alicyclic amines) is 1. The van der Waals surface area contributed by atoms with E-state index in [4.69, 9.17) is 4.98 Å². The van der Waals surface area contributed by atoms with E-state index in [1.807, 2.05) is 29.2 Å². The number of para-hydroxylation sites is 1. The third-order valence-corrected chi connectivity index (χ3v) is 7.55. The normalized spacial score (nSPS) is 23.9. The first kappa shape index (κ1) is 18.5. The highest BCUT2D eigenvalue weighted by molar-refractivity contribution is 7.18. The van der Waals surface area contributed by atoms with Crippen molar-refractivity contribution in [2.45, 2.75) is 56.5 Å². The molecule has 8 heteroatoms. The Morgan fingerprint density at radius 1 is 1.17 bits per heavy atom.